The van der Waals surface area contributed by atoms with Gasteiger partial charge in [0.2, 0.25) is 0 Å². The van der Waals surface area contributed by atoms with Crippen molar-refractivity contribution in [3.05, 3.63) is 134 Å². The van der Waals surface area contributed by atoms with Crippen LogP contribution in [0.4, 0.5) is 0 Å². The summed E-state index contributed by atoms with van der Waals surface area (Å²) < 4.78 is 38.2. The van der Waals surface area contributed by atoms with Crippen molar-refractivity contribution < 1.29 is 52.5 Å². The molecule has 1 aliphatic heterocycles. The first-order valence-electron chi connectivity index (χ1n) is 22.3. The molecule has 0 spiro atoms. The van der Waals surface area contributed by atoms with Crippen LogP contribution in [0.5, 0.6) is 0 Å². The van der Waals surface area contributed by atoms with Crippen molar-refractivity contribution in [3.8, 4) is 0 Å². The van der Waals surface area contributed by atoms with Crippen molar-refractivity contribution in [2.24, 2.45) is 0 Å². The average molecular weight is 883 g/mol. The summed E-state index contributed by atoms with van der Waals surface area (Å²) in [5.41, 5.74) is 0. The molecule has 3 N–H and O–H groups in total. The second-order valence-electron chi connectivity index (χ2n) is 14.3. The summed E-state index contributed by atoms with van der Waals surface area (Å²) in [6.07, 6.45) is 56.3. The smallest absolute Gasteiger partial charge is 0.462 e. The summed E-state index contributed by atoms with van der Waals surface area (Å²) in [6.45, 7) is 1.94. The first-order chi connectivity index (χ1) is 30.2. The molecule has 0 saturated carbocycles. The third-order valence-corrected chi connectivity index (χ3v) is 9.68. The Morgan fingerprint density at radius 2 is 0.919 bits per heavy atom. The van der Waals surface area contributed by atoms with Gasteiger partial charge in [0.15, 0.2) is 6.10 Å². The third kappa shape index (κ3) is 36.7. The van der Waals surface area contributed by atoms with E-state index in [2.05, 4.69) is 122 Å². The molecule has 0 aromatic rings. The number of phosphoric acid groups is 1. The zero-order chi connectivity index (χ0) is 45.2. The van der Waals surface area contributed by atoms with Crippen LogP contribution in [-0.4, -0.2) is 77.9 Å². The van der Waals surface area contributed by atoms with Crippen LogP contribution in [0.3, 0.4) is 0 Å². The van der Waals surface area contributed by atoms with Crippen molar-refractivity contribution in [2.45, 2.75) is 141 Å². The zero-order valence-corrected chi connectivity index (χ0v) is 38.1. The number of epoxide rings is 1. The Labute approximate surface area is 372 Å². The van der Waals surface area contributed by atoms with E-state index in [1.807, 2.05) is 30.4 Å². The minimum atomic E-state index is -4.67. The summed E-state index contributed by atoms with van der Waals surface area (Å²) in [7, 11) is -4.67. The number of phosphoric ester groups is 1. The largest absolute Gasteiger partial charge is 0.472 e. The normalized spacial score (nSPS) is 18.3. The number of hydrogen-bond acceptors (Lipinski definition) is 10. The summed E-state index contributed by atoms with van der Waals surface area (Å²) in [5.74, 6) is -1.14. The Balaban J connectivity index is 2.36. The van der Waals surface area contributed by atoms with Gasteiger partial charge in [0, 0.05) is 12.8 Å². The van der Waals surface area contributed by atoms with Crippen LogP contribution in [0, 0.1) is 0 Å². The Kier molecular flexibility index (Phi) is 36.1. The Morgan fingerprint density at radius 3 is 1.37 bits per heavy atom. The predicted octanol–water partition coefficient (Wildman–Crippen LogP) is 11.1. The average Bonchev–Trinajstić information content (AvgIpc) is 4.02. The number of rotatable bonds is 38. The monoisotopic (exact) mass is 883 g/mol. The molecule has 62 heavy (non-hydrogen) atoms. The van der Waals surface area contributed by atoms with Gasteiger partial charge in [0.25, 0.3) is 0 Å². The maximum absolute atomic E-state index is 12.6. The number of aliphatic hydroxyl groups is 2. The molecule has 1 aliphatic rings. The number of hydrogen-bond donors (Lipinski definition) is 3. The number of esters is 2. The van der Waals surface area contributed by atoms with Crippen LogP contribution in [0.15, 0.2) is 134 Å². The van der Waals surface area contributed by atoms with Crippen LogP contribution in [-0.2, 0) is 37.4 Å². The zero-order valence-electron chi connectivity index (χ0n) is 37.2. The fourth-order valence-electron chi connectivity index (χ4n) is 5.26. The fraction of sp³-hybridized carbons (Fsp3) is 0.520. The Bertz CT molecular complexity index is 1550. The van der Waals surface area contributed by atoms with E-state index in [-0.39, 0.29) is 12.8 Å². The number of ether oxygens (including phenoxy) is 3. The van der Waals surface area contributed by atoms with Crippen molar-refractivity contribution in [3.63, 3.8) is 0 Å². The van der Waals surface area contributed by atoms with E-state index in [4.69, 9.17) is 23.8 Å². The van der Waals surface area contributed by atoms with Gasteiger partial charge >= 0.3 is 19.8 Å². The molecule has 3 unspecified atom stereocenters. The van der Waals surface area contributed by atoms with E-state index in [1.54, 1.807) is 0 Å². The quantitative estimate of drug-likeness (QED) is 0.0234. The van der Waals surface area contributed by atoms with Gasteiger partial charge in [0.1, 0.15) is 12.7 Å². The molecule has 346 valence electrons. The second kappa shape index (κ2) is 39.9. The van der Waals surface area contributed by atoms with Gasteiger partial charge in [-0.1, -0.05) is 148 Å². The molecule has 1 fully saturated rings. The topological polar surface area (TPSA) is 161 Å². The predicted molar refractivity (Wildman–Crippen MR) is 250 cm³/mol. The van der Waals surface area contributed by atoms with Gasteiger partial charge in [-0.3, -0.25) is 18.6 Å². The molecule has 1 rings (SSSR count). The second-order valence-corrected chi connectivity index (χ2v) is 15.8. The minimum Gasteiger partial charge on any atom is -0.462 e. The van der Waals surface area contributed by atoms with Crippen LogP contribution in [0.2, 0.25) is 0 Å². The van der Waals surface area contributed by atoms with Crippen LogP contribution < -0.4 is 0 Å². The Hall–Kier alpha value is -3.93. The highest BCUT2D eigenvalue weighted by Crippen LogP contribution is 2.43. The van der Waals surface area contributed by atoms with Gasteiger partial charge in [0.05, 0.1) is 32.0 Å². The van der Waals surface area contributed by atoms with E-state index in [0.29, 0.717) is 31.5 Å². The Morgan fingerprint density at radius 1 is 0.548 bits per heavy atom. The molecular formula is C50H75O11P. The number of carbonyl (C=O) groups is 2. The summed E-state index contributed by atoms with van der Waals surface area (Å²) in [4.78, 5) is 35.0. The lowest BCUT2D eigenvalue weighted by atomic mass is 10.1. The molecule has 0 aromatic heterocycles. The van der Waals surface area contributed by atoms with E-state index >= 15 is 0 Å². The van der Waals surface area contributed by atoms with Crippen LogP contribution in [0.1, 0.15) is 117 Å². The van der Waals surface area contributed by atoms with Gasteiger partial charge < -0.3 is 29.3 Å². The van der Waals surface area contributed by atoms with Crippen molar-refractivity contribution in [1.29, 1.82) is 0 Å². The molecular weight excluding hydrogens is 808 g/mol. The standard InChI is InChI=1S/C50H75O11P/c1-3-5-7-8-9-10-11-12-13-14-15-16-17-18-23-26-29-32-36-40-50(54)60-46(44-59-62(55,56)58-42-45(52)41-51)43-57-49(53)39-35-31-28-25-22-20-19-21-24-27-30-34-38-48-47(61-48)37-33-6-4-2/h5-7,9-10,12-13,15-16,18,20-24,28-34,45-48,51-52H,3-4,8,11,14,17,19,25-27,35-44H2,1-2H3,(H,55,56)/b7-5-,10-9-,13-12-,16-15-,22-20-,23-18-,24-21-,31-28-,32-29-,33-6-,34-30-/t45-,46+,47?,48?/m0/s1. The molecule has 0 aromatic carbocycles. The molecule has 1 heterocycles. The van der Waals surface area contributed by atoms with Gasteiger partial charge in [-0.2, -0.15) is 0 Å². The van der Waals surface area contributed by atoms with Crippen LogP contribution in [0.25, 0.3) is 0 Å². The lowest BCUT2D eigenvalue weighted by Crippen LogP contribution is -2.29. The lowest BCUT2D eigenvalue weighted by molar-refractivity contribution is -0.161. The van der Waals surface area contributed by atoms with E-state index in [9.17, 15) is 24.2 Å². The summed E-state index contributed by atoms with van der Waals surface area (Å²) >= 11 is 0. The first-order valence-corrected chi connectivity index (χ1v) is 23.8. The van der Waals surface area contributed by atoms with Crippen molar-refractivity contribution in [1.82, 2.24) is 0 Å². The lowest BCUT2D eigenvalue weighted by Gasteiger charge is -2.20. The molecule has 0 amide bonds. The summed E-state index contributed by atoms with van der Waals surface area (Å²) in [5, 5.41) is 18.3. The molecule has 11 nitrogen and oxygen atoms in total. The molecule has 0 aliphatic carbocycles. The van der Waals surface area contributed by atoms with Crippen LogP contribution >= 0.6 is 7.82 Å². The van der Waals surface area contributed by atoms with Gasteiger partial charge in [-0.05, 0) is 89.9 Å². The van der Waals surface area contributed by atoms with Crippen molar-refractivity contribution >= 4 is 19.8 Å². The molecule has 12 heteroatoms. The molecule has 0 bridgehead atoms. The maximum atomic E-state index is 12.6. The molecule has 0 radical (unpaired) electrons. The first kappa shape index (κ1) is 56.1. The molecule has 1 saturated heterocycles. The summed E-state index contributed by atoms with van der Waals surface area (Å²) in [6, 6.07) is 0. The van der Waals surface area contributed by atoms with E-state index < -0.39 is 58.4 Å². The van der Waals surface area contributed by atoms with E-state index in [1.165, 1.54) is 0 Å². The SMILES string of the molecule is CC/C=C\C/C=C\C/C=C\C/C=C\C/C=C\C/C=C\CCC(=O)O[C@H](COC(=O)CC/C=C\C/C=C\C/C=C\C/C=C\CC1OC1C/C=C\CC)COP(=O)(O)OC[C@@H](O)CO. The van der Waals surface area contributed by atoms with Gasteiger partial charge in [-0.25, -0.2) is 4.57 Å². The number of allylic oxidation sites excluding steroid dienone is 20. The van der Waals surface area contributed by atoms with E-state index in [0.717, 1.165) is 70.6 Å². The number of carbonyl (C=O) groups excluding carboxylic acids is 2. The van der Waals surface area contributed by atoms with Crippen molar-refractivity contribution in [2.75, 3.05) is 26.4 Å². The molecule has 5 atom stereocenters. The highest BCUT2D eigenvalue weighted by molar-refractivity contribution is 7.47. The minimum absolute atomic E-state index is 0.0319. The maximum Gasteiger partial charge on any atom is 0.472 e. The fourth-order valence-corrected chi connectivity index (χ4v) is 6.05. The highest BCUT2D eigenvalue weighted by atomic mass is 31.2. The van der Waals surface area contributed by atoms with Gasteiger partial charge in [-0.15, -0.1) is 0 Å². The highest BCUT2D eigenvalue weighted by Gasteiger charge is 2.36. The third-order valence-electron chi connectivity index (χ3n) is 8.73. The number of aliphatic hydroxyl groups excluding tert-OH is 2.